The van der Waals surface area contributed by atoms with Crippen molar-refractivity contribution >= 4 is 5.69 Å². The Hall–Kier alpha value is -1.25. The molecule has 1 aliphatic rings. The zero-order chi connectivity index (χ0) is 11.5. The topological polar surface area (TPSA) is 12.5 Å². The first-order chi connectivity index (χ1) is 7.70. The standard InChI is InChI=1S/C13H18FNO/c1-10-3-4-12(13(9-10)16-2)15-7-5-11(14)6-8-15/h3-4,9,11H,5-8H2,1-2H3. The van der Waals surface area contributed by atoms with Crippen LogP contribution in [-0.2, 0) is 0 Å². The second kappa shape index (κ2) is 4.73. The number of rotatable bonds is 2. The number of alkyl halides is 1. The molecule has 0 saturated carbocycles. The molecule has 0 bridgehead atoms. The smallest absolute Gasteiger partial charge is 0.142 e. The van der Waals surface area contributed by atoms with Crippen molar-refractivity contribution in [2.24, 2.45) is 0 Å². The van der Waals surface area contributed by atoms with Crippen LogP contribution in [-0.4, -0.2) is 26.4 Å². The Morgan fingerprint density at radius 1 is 1.31 bits per heavy atom. The molecule has 1 heterocycles. The Morgan fingerprint density at radius 3 is 2.62 bits per heavy atom. The van der Waals surface area contributed by atoms with Gasteiger partial charge >= 0.3 is 0 Å². The van der Waals surface area contributed by atoms with E-state index in [2.05, 4.69) is 17.0 Å². The lowest BCUT2D eigenvalue weighted by molar-refractivity contribution is 0.276. The van der Waals surface area contributed by atoms with Gasteiger partial charge in [0, 0.05) is 13.1 Å². The van der Waals surface area contributed by atoms with Gasteiger partial charge < -0.3 is 9.64 Å². The SMILES string of the molecule is COc1cc(C)ccc1N1CCC(F)CC1. The van der Waals surface area contributed by atoms with Gasteiger partial charge in [0.2, 0.25) is 0 Å². The summed E-state index contributed by atoms with van der Waals surface area (Å²) in [6, 6.07) is 6.16. The van der Waals surface area contributed by atoms with Gasteiger partial charge in [-0.1, -0.05) is 6.07 Å². The Morgan fingerprint density at radius 2 is 2.00 bits per heavy atom. The van der Waals surface area contributed by atoms with Gasteiger partial charge in [0.25, 0.3) is 0 Å². The van der Waals surface area contributed by atoms with Crippen molar-refractivity contribution in [3.05, 3.63) is 23.8 Å². The maximum absolute atomic E-state index is 13.1. The van der Waals surface area contributed by atoms with Crippen molar-refractivity contribution in [2.45, 2.75) is 25.9 Å². The molecule has 1 fully saturated rings. The number of hydrogen-bond donors (Lipinski definition) is 0. The van der Waals surface area contributed by atoms with Crippen molar-refractivity contribution in [3.63, 3.8) is 0 Å². The van der Waals surface area contributed by atoms with Crippen molar-refractivity contribution in [2.75, 3.05) is 25.1 Å². The lowest BCUT2D eigenvalue weighted by Crippen LogP contribution is -2.34. The summed E-state index contributed by atoms with van der Waals surface area (Å²) in [5.41, 5.74) is 2.26. The number of halogens is 1. The monoisotopic (exact) mass is 223 g/mol. The van der Waals surface area contributed by atoms with Crippen LogP contribution < -0.4 is 9.64 Å². The Kier molecular flexibility index (Phi) is 3.32. The van der Waals surface area contributed by atoms with Gasteiger partial charge in [0.15, 0.2) is 0 Å². The molecule has 0 radical (unpaired) electrons. The van der Waals surface area contributed by atoms with E-state index in [1.807, 2.05) is 13.0 Å². The van der Waals surface area contributed by atoms with Gasteiger partial charge in [-0.15, -0.1) is 0 Å². The molecule has 0 atom stereocenters. The predicted molar refractivity (Wildman–Crippen MR) is 64.1 cm³/mol. The molecular formula is C13H18FNO. The van der Waals surface area contributed by atoms with Crippen LogP contribution in [0.25, 0.3) is 0 Å². The third-order valence-corrected chi connectivity index (χ3v) is 3.10. The first-order valence-corrected chi connectivity index (χ1v) is 5.74. The Bertz CT molecular complexity index is 359. The number of methoxy groups -OCH3 is 1. The molecule has 3 heteroatoms. The Labute approximate surface area is 96.0 Å². The zero-order valence-corrected chi connectivity index (χ0v) is 9.87. The van der Waals surface area contributed by atoms with Crippen LogP contribution in [0.5, 0.6) is 5.75 Å². The van der Waals surface area contributed by atoms with Crippen LogP contribution in [0.15, 0.2) is 18.2 Å². The normalized spacial score (nSPS) is 17.6. The fraction of sp³-hybridized carbons (Fsp3) is 0.538. The quantitative estimate of drug-likeness (QED) is 0.764. The summed E-state index contributed by atoms with van der Waals surface area (Å²) < 4.78 is 18.4. The lowest BCUT2D eigenvalue weighted by Gasteiger charge is -2.31. The van der Waals surface area contributed by atoms with E-state index in [1.54, 1.807) is 7.11 Å². The van der Waals surface area contributed by atoms with Crippen LogP contribution >= 0.6 is 0 Å². The highest BCUT2D eigenvalue weighted by molar-refractivity contribution is 5.59. The maximum atomic E-state index is 13.1. The second-order valence-electron chi connectivity index (χ2n) is 4.34. The van der Waals surface area contributed by atoms with Gasteiger partial charge in [-0.3, -0.25) is 0 Å². The van der Waals surface area contributed by atoms with Crippen molar-refractivity contribution in [1.29, 1.82) is 0 Å². The van der Waals surface area contributed by atoms with E-state index in [-0.39, 0.29) is 0 Å². The molecule has 16 heavy (non-hydrogen) atoms. The molecule has 2 nitrogen and oxygen atoms in total. The van der Waals surface area contributed by atoms with Gasteiger partial charge in [0.05, 0.1) is 12.8 Å². The van der Waals surface area contributed by atoms with Gasteiger partial charge in [-0.2, -0.15) is 0 Å². The van der Waals surface area contributed by atoms with Gasteiger partial charge in [-0.05, 0) is 37.5 Å². The summed E-state index contributed by atoms with van der Waals surface area (Å²) in [4.78, 5) is 2.20. The largest absolute Gasteiger partial charge is 0.495 e. The number of nitrogens with zero attached hydrogens (tertiary/aromatic N) is 1. The number of piperidine rings is 1. The third kappa shape index (κ3) is 2.29. The minimum Gasteiger partial charge on any atom is -0.495 e. The van der Waals surface area contributed by atoms with Crippen LogP contribution in [0, 0.1) is 6.92 Å². The minimum absolute atomic E-state index is 0.622. The first-order valence-electron chi connectivity index (χ1n) is 5.74. The summed E-state index contributed by atoms with van der Waals surface area (Å²) in [6.45, 7) is 3.60. The number of anilines is 1. The van der Waals surface area contributed by atoms with Crippen molar-refractivity contribution in [1.82, 2.24) is 0 Å². The van der Waals surface area contributed by atoms with E-state index in [1.165, 1.54) is 5.56 Å². The van der Waals surface area contributed by atoms with Crippen LogP contribution in [0.4, 0.5) is 10.1 Å². The van der Waals surface area contributed by atoms with E-state index in [9.17, 15) is 4.39 Å². The average molecular weight is 223 g/mol. The summed E-state index contributed by atoms with van der Waals surface area (Å²) >= 11 is 0. The summed E-state index contributed by atoms with van der Waals surface area (Å²) in [6.07, 6.45) is 0.612. The molecule has 1 aromatic carbocycles. The highest BCUT2D eigenvalue weighted by Gasteiger charge is 2.20. The highest BCUT2D eigenvalue weighted by atomic mass is 19.1. The third-order valence-electron chi connectivity index (χ3n) is 3.10. The average Bonchev–Trinajstić information content (AvgIpc) is 2.30. The maximum Gasteiger partial charge on any atom is 0.142 e. The number of ether oxygens (including phenoxy) is 1. The molecule has 0 amide bonds. The minimum atomic E-state index is -0.632. The predicted octanol–water partition coefficient (Wildman–Crippen LogP) is 2.94. The van der Waals surface area contributed by atoms with Crippen molar-refractivity contribution in [3.8, 4) is 5.75 Å². The summed E-state index contributed by atoms with van der Waals surface area (Å²) in [7, 11) is 1.68. The molecule has 0 unspecified atom stereocenters. The van der Waals surface area contributed by atoms with E-state index >= 15 is 0 Å². The van der Waals surface area contributed by atoms with E-state index in [4.69, 9.17) is 4.74 Å². The molecule has 0 aliphatic carbocycles. The molecular weight excluding hydrogens is 205 g/mol. The van der Waals surface area contributed by atoms with Gasteiger partial charge in [-0.25, -0.2) is 4.39 Å². The first kappa shape index (κ1) is 11.2. The van der Waals surface area contributed by atoms with Crippen LogP contribution in [0.1, 0.15) is 18.4 Å². The van der Waals surface area contributed by atoms with Crippen LogP contribution in [0.3, 0.4) is 0 Å². The molecule has 1 aliphatic heterocycles. The second-order valence-corrected chi connectivity index (χ2v) is 4.34. The molecule has 1 saturated heterocycles. The fourth-order valence-corrected chi connectivity index (χ4v) is 2.13. The highest BCUT2D eigenvalue weighted by Crippen LogP contribution is 2.31. The number of aryl methyl sites for hydroxylation is 1. The van der Waals surface area contributed by atoms with Gasteiger partial charge in [0.1, 0.15) is 11.9 Å². The van der Waals surface area contributed by atoms with Crippen LogP contribution in [0.2, 0.25) is 0 Å². The number of benzene rings is 1. The summed E-state index contributed by atoms with van der Waals surface area (Å²) in [5, 5.41) is 0. The summed E-state index contributed by atoms with van der Waals surface area (Å²) in [5.74, 6) is 0.886. The van der Waals surface area contributed by atoms with E-state index in [0.29, 0.717) is 12.8 Å². The lowest BCUT2D eigenvalue weighted by atomic mass is 10.1. The number of hydrogen-bond acceptors (Lipinski definition) is 2. The Balaban J connectivity index is 2.19. The molecule has 88 valence electrons. The zero-order valence-electron chi connectivity index (χ0n) is 9.87. The molecule has 0 spiro atoms. The van der Waals surface area contributed by atoms with E-state index in [0.717, 1.165) is 24.5 Å². The molecule has 1 aromatic rings. The molecule has 0 aromatic heterocycles. The molecule has 0 N–H and O–H groups in total. The van der Waals surface area contributed by atoms with Crippen molar-refractivity contribution < 1.29 is 9.13 Å². The molecule has 2 rings (SSSR count). The van der Waals surface area contributed by atoms with E-state index < -0.39 is 6.17 Å². The fourth-order valence-electron chi connectivity index (χ4n) is 2.13.